The number of amides is 1. The van der Waals surface area contributed by atoms with E-state index in [9.17, 15) is 13.6 Å². The molecule has 0 aliphatic rings. The molecule has 3 rings (SSSR count). The molecule has 0 fully saturated rings. The first-order chi connectivity index (χ1) is 14.5. The van der Waals surface area contributed by atoms with Gasteiger partial charge in [-0.1, -0.05) is 42.5 Å². The van der Waals surface area contributed by atoms with Crippen molar-refractivity contribution in [1.82, 2.24) is 0 Å². The summed E-state index contributed by atoms with van der Waals surface area (Å²) < 4.78 is 40.8. The van der Waals surface area contributed by atoms with Gasteiger partial charge in [0.25, 0.3) is 0 Å². The van der Waals surface area contributed by atoms with Crippen LogP contribution in [0.3, 0.4) is 0 Å². The van der Waals surface area contributed by atoms with Crippen molar-refractivity contribution in [2.45, 2.75) is 13.2 Å². The van der Waals surface area contributed by atoms with Crippen LogP contribution in [0.2, 0.25) is 0 Å². The Labute approximate surface area is 173 Å². The largest absolute Gasteiger partial charge is 0.497 e. The van der Waals surface area contributed by atoms with Gasteiger partial charge < -0.3 is 19.5 Å². The molecule has 156 valence electrons. The van der Waals surface area contributed by atoms with E-state index in [1.807, 2.05) is 30.3 Å². The van der Waals surface area contributed by atoms with Crippen LogP contribution in [0.15, 0.2) is 72.8 Å². The van der Waals surface area contributed by atoms with Crippen molar-refractivity contribution in [3.8, 4) is 22.6 Å². The lowest BCUT2D eigenvalue weighted by Crippen LogP contribution is -2.18. The van der Waals surface area contributed by atoms with Crippen molar-refractivity contribution in [2.75, 3.05) is 19.0 Å². The quantitative estimate of drug-likeness (QED) is 0.529. The number of carbonyl (C=O) groups is 1. The summed E-state index contributed by atoms with van der Waals surface area (Å²) in [5.74, 6) is 0.290. The van der Waals surface area contributed by atoms with Crippen LogP contribution in [0.1, 0.15) is 5.56 Å². The van der Waals surface area contributed by atoms with Gasteiger partial charge in [-0.15, -0.1) is 0 Å². The minimum atomic E-state index is -2.96. The molecule has 0 saturated heterocycles. The molecule has 0 aliphatic heterocycles. The maximum atomic E-state index is 12.8. The summed E-state index contributed by atoms with van der Waals surface area (Å²) in [4.78, 5) is 12.2. The van der Waals surface area contributed by atoms with Crippen molar-refractivity contribution in [3.63, 3.8) is 0 Å². The topological polar surface area (TPSA) is 56.8 Å². The summed E-state index contributed by atoms with van der Waals surface area (Å²) in [7, 11) is 1.54. The lowest BCUT2D eigenvalue weighted by Gasteiger charge is -2.14. The molecule has 0 unspecified atom stereocenters. The van der Waals surface area contributed by atoms with E-state index >= 15 is 0 Å². The average Bonchev–Trinajstić information content (AvgIpc) is 2.75. The third-order valence-electron chi connectivity index (χ3n) is 4.23. The molecular weight excluding hydrogens is 392 g/mol. The van der Waals surface area contributed by atoms with Crippen LogP contribution in [0.5, 0.6) is 11.5 Å². The van der Waals surface area contributed by atoms with Crippen molar-refractivity contribution >= 4 is 11.6 Å². The number of rotatable bonds is 9. The summed E-state index contributed by atoms with van der Waals surface area (Å²) in [6.07, 6.45) is 0. The molecule has 0 aromatic heterocycles. The van der Waals surface area contributed by atoms with Gasteiger partial charge in [-0.2, -0.15) is 8.78 Å². The zero-order valence-electron chi connectivity index (χ0n) is 16.3. The Balaban J connectivity index is 1.70. The minimum Gasteiger partial charge on any atom is -0.497 e. The monoisotopic (exact) mass is 413 g/mol. The van der Waals surface area contributed by atoms with Crippen LogP contribution in [0.25, 0.3) is 11.1 Å². The predicted octanol–water partition coefficient (Wildman–Crippen LogP) is 5.12. The van der Waals surface area contributed by atoms with Crippen molar-refractivity contribution in [2.24, 2.45) is 0 Å². The van der Waals surface area contributed by atoms with Gasteiger partial charge >= 0.3 is 6.61 Å². The molecule has 30 heavy (non-hydrogen) atoms. The molecule has 3 aromatic rings. The van der Waals surface area contributed by atoms with Crippen LogP contribution >= 0.6 is 0 Å². The Kier molecular flexibility index (Phi) is 7.34. The van der Waals surface area contributed by atoms with Gasteiger partial charge in [0.2, 0.25) is 5.91 Å². The fourth-order valence-electron chi connectivity index (χ4n) is 2.84. The van der Waals surface area contributed by atoms with Crippen molar-refractivity contribution in [1.29, 1.82) is 0 Å². The number of alkyl halides is 2. The summed E-state index contributed by atoms with van der Waals surface area (Å²) in [5.41, 5.74) is 2.46. The molecule has 0 heterocycles. The second kappa shape index (κ2) is 10.4. The lowest BCUT2D eigenvalue weighted by atomic mass is 10.0. The minimum absolute atomic E-state index is 0.00786. The lowest BCUT2D eigenvalue weighted by molar-refractivity contribution is -0.121. The number of nitrogens with one attached hydrogen (secondary N) is 1. The highest BCUT2D eigenvalue weighted by Crippen LogP contribution is 2.34. The van der Waals surface area contributed by atoms with E-state index < -0.39 is 6.61 Å². The van der Waals surface area contributed by atoms with E-state index in [2.05, 4.69) is 10.1 Å². The Morgan fingerprint density at radius 1 is 1.00 bits per heavy atom. The summed E-state index contributed by atoms with van der Waals surface area (Å²) in [6.45, 7) is -2.79. The maximum absolute atomic E-state index is 12.8. The highest BCUT2D eigenvalue weighted by molar-refractivity contribution is 5.93. The molecule has 7 heteroatoms. The number of carbonyl (C=O) groups excluding carboxylic acids is 1. The van der Waals surface area contributed by atoms with Gasteiger partial charge in [-0.25, -0.2) is 0 Å². The fourth-order valence-corrected chi connectivity index (χ4v) is 2.84. The second-order valence-electron chi connectivity index (χ2n) is 6.34. The van der Waals surface area contributed by atoms with Crippen LogP contribution in [-0.4, -0.2) is 26.2 Å². The third kappa shape index (κ3) is 6.02. The number of methoxy groups -OCH3 is 1. The molecule has 1 amide bonds. The standard InChI is InChI=1S/C23H21F2NO4/c1-28-19-10-7-17(8-11-19)20-13-18(9-12-21(20)30-23(24)25)26-22(27)15-29-14-16-5-3-2-4-6-16/h2-13,23H,14-15H2,1H3,(H,26,27). The van der Waals surface area contributed by atoms with E-state index in [1.165, 1.54) is 19.2 Å². The van der Waals surface area contributed by atoms with Gasteiger partial charge in [0, 0.05) is 11.3 Å². The molecule has 3 aromatic carbocycles. The zero-order valence-corrected chi connectivity index (χ0v) is 16.3. The van der Waals surface area contributed by atoms with E-state index in [1.54, 1.807) is 30.3 Å². The molecule has 5 nitrogen and oxygen atoms in total. The smallest absolute Gasteiger partial charge is 0.387 e. The Hall–Kier alpha value is -3.45. The van der Waals surface area contributed by atoms with Crippen LogP contribution in [0.4, 0.5) is 14.5 Å². The number of benzene rings is 3. The van der Waals surface area contributed by atoms with Crippen LogP contribution < -0.4 is 14.8 Å². The Morgan fingerprint density at radius 3 is 2.40 bits per heavy atom. The normalized spacial score (nSPS) is 10.7. The molecular formula is C23H21F2NO4. The third-order valence-corrected chi connectivity index (χ3v) is 4.23. The number of ether oxygens (including phenoxy) is 3. The first-order valence-corrected chi connectivity index (χ1v) is 9.20. The van der Waals surface area contributed by atoms with Crippen molar-refractivity contribution < 1.29 is 27.8 Å². The first-order valence-electron chi connectivity index (χ1n) is 9.20. The summed E-state index contributed by atoms with van der Waals surface area (Å²) in [6, 6.07) is 20.8. The number of hydrogen-bond donors (Lipinski definition) is 1. The van der Waals surface area contributed by atoms with Crippen LogP contribution in [-0.2, 0) is 16.1 Å². The van der Waals surface area contributed by atoms with E-state index in [-0.39, 0.29) is 18.3 Å². The Bertz CT molecular complexity index is 963. The van der Waals surface area contributed by atoms with E-state index in [0.717, 1.165) is 5.56 Å². The molecule has 0 spiro atoms. The number of halogens is 2. The van der Waals surface area contributed by atoms with Crippen LogP contribution in [0, 0.1) is 0 Å². The highest BCUT2D eigenvalue weighted by Gasteiger charge is 2.14. The maximum Gasteiger partial charge on any atom is 0.387 e. The first kappa shape index (κ1) is 21.3. The van der Waals surface area contributed by atoms with Gasteiger partial charge in [0.05, 0.1) is 13.7 Å². The van der Waals surface area contributed by atoms with E-state index in [4.69, 9.17) is 9.47 Å². The van der Waals surface area contributed by atoms with Gasteiger partial charge in [0.15, 0.2) is 0 Å². The molecule has 1 N–H and O–H groups in total. The predicted molar refractivity (Wildman–Crippen MR) is 110 cm³/mol. The van der Waals surface area contributed by atoms with Crippen molar-refractivity contribution in [3.05, 3.63) is 78.4 Å². The molecule has 0 atom stereocenters. The SMILES string of the molecule is COc1ccc(-c2cc(NC(=O)COCc3ccccc3)ccc2OC(F)F)cc1. The van der Waals surface area contributed by atoms with Gasteiger partial charge in [-0.05, 0) is 41.5 Å². The molecule has 0 aliphatic carbocycles. The second-order valence-corrected chi connectivity index (χ2v) is 6.34. The molecule has 0 radical (unpaired) electrons. The average molecular weight is 413 g/mol. The number of anilines is 1. The fraction of sp³-hybridized carbons (Fsp3) is 0.174. The van der Waals surface area contributed by atoms with Gasteiger partial charge in [0.1, 0.15) is 18.1 Å². The van der Waals surface area contributed by atoms with Gasteiger partial charge in [-0.3, -0.25) is 4.79 Å². The highest BCUT2D eigenvalue weighted by atomic mass is 19.3. The summed E-state index contributed by atoms with van der Waals surface area (Å²) in [5, 5.41) is 2.71. The van der Waals surface area contributed by atoms with E-state index in [0.29, 0.717) is 29.2 Å². The summed E-state index contributed by atoms with van der Waals surface area (Å²) >= 11 is 0. The number of hydrogen-bond acceptors (Lipinski definition) is 4. The zero-order chi connectivity index (χ0) is 21.3. The molecule has 0 saturated carbocycles. The Morgan fingerprint density at radius 2 is 1.73 bits per heavy atom. The molecule has 0 bridgehead atoms.